The minimum atomic E-state index is -0.140. The number of hydrogen-bond acceptors (Lipinski definition) is 1. The minimum absolute atomic E-state index is 0.140. The largest absolute Gasteiger partial charge is 0.338 e. The van der Waals surface area contributed by atoms with E-state index >= 15 is 0 Å². The van der Waals surface area contributed by atoms with Crippen LogP contribution in [0.25, 0.3) is 0 Å². The van der Waals surface area contributed by atoms with Gasteiger partial charge in [-0.15, -0.1) is 0 Å². The van der Waals surface area contributed by atoms with Crippen LogP contribution in [0.4, 0.5) is 10.5 Å². The quantitative estimate of drug-likeness (QED) is 0.806. The maximum Gasteiger partial charge on any atom is 0.319 e. The Morgan fingerprint density at radius 1 is 1.38 bits per heavy atom. The number of anilines is 1. The van der Waals surface area contributed by atoms with E-state index in [9.17, 15) is 4.79 Å². The van der Waals surface area contributed by atoms with Gasteiger partial charge in [0.15, 0.2) is 0 Å². The molecule has 88 valence electrons. The van der Waals surface area contributed by atoms with Crippen LogP contribution in [0.5, 0.6) is 0 Å². The maximum absolute atomic E-state index is 11.5. The number of benzene rings is 1. The number of carbonyl (C=O) groups excluding carboxylic acids is 1. The summed E-state index contributed by atoms with van der Waals surface area (Å²) in [7, 11) is 0. The monoisotopic (exact) mass is 220 g/mol. The summed E-state index contributed by atoms with van der Waals surface area (Å²) in [6.07, 6.45) is 0. The number of urea groups is 1. The molecule has 0 aromatic heterocycles. The molecule has 0 saturated carbocycles. The van der Waals surface area contributed by atoms with Crippen LogP contribution < -0.4 is 10.6 Å². The molecule has 3 heteroatoms. The molecule has 1 rings (SSSR count). The molecule has 0 heterocycles. The van der Waals surface area contributed by atoms with Gasteiger partial charge in [-0.1, -0.05) is 32.0 Å². The number of nitrogens with one attached hydrogen (secondary N) is 2. The molecule has 0 unspecified atom stereocenters. The van der Waals surface area contributed by atoms with Gasteiger partial charge in [0.1, 0.15) is 0 Å². The van der Waals surface area contributed by atoms with Gasteiger partial charge < -0.3 is 10.6 Å². The van der Waals surface area contributed by atoms with E-state index in [-0.39, 0.29) is 6.03 Å². The van der Waals surface area contributed by atoms with Gasteiger partial charge in [0.25, 0.3) is 0 Å². The average Bonchev–Trinajstić information content (AvgIpc) is 2.21. The van der Waals surface area contributed by atoms with Gasteiger partial charge in [0, 0.05) is 12.2 Å². The summed E-state index contributed by atoms with van der Waals surface area (Å²) < 4.78 is 0. The lowest BCUT2D eigenvalue weighted by Gasteiger charge is -2.16. The van der Waals surface area contributed by atoms with E-state index in [0.717, 1.165) is 11.3 Å². The van der Waals surface area contributed by atoms with Crippen molar-refractivity contribution in [1.29, 1.82) is 0 Å². The topological polar surface area (TPSA) is 41.1 Å². The minimum Gasteiger partial charge on any atom is -0.338 e. The Balaban J connectivity index is 2.97. The van der Waals surface area contributed by atoms with Gasteiger partial charge in [0.05, 0.1) is 0 Å². The second-order valence-corrected chi connectivity index (χ2v) is 4.18. The lowest BCUT2D eigenvalue weighted by atomic mass is 9.98. The first-order chi connectivity index (χ1) is 7.56. The first-order valence-corrected chi connectivity index (χ1v) is 5.70. The Kier molecular flexibility index (Phi) is 4.35. The van der Waals surface area contributed by atoms with Crippen molar-refractivity contribution in [2.24, 2.45) is 0 Å². The molecule has 0 atom stereocenters. The average molecular weight is 220 g/mol. The van der Waals surface area contributed by atoms with Crippen LogP contribution in [0.3, 0.4) is 0 Å². The zero-order chi connectivity index (χ0) is 12.1. The van der Waals surface area contributed by atoms with Gasteiger partial charge in [-0.2, -0.15) is 0 Å². The summed E-state index contributed by atoms with van der Waals surface area (Å²) in [5.41, 5.74) is 3.20. The third-order valence-electron chi connectivity index (χ3n) is 2.50. The first-order valence-electron chi connectivity index (χ1n) is 5.70. The number of carbonyl (C=O) groups is 1. The predicted molar refractivity (Wildman–Crippen MR) is 68.0 cm³/mol. The highest BCUT2D eigenvalue weighted by Crippen LogP contribution is 2.27. The molecule has 0 aliphatic rings. The number of hydrogen-bond donors (Lipinski definition) is 2. The Hall–Kier alpha value is -1.51. The van der Waals surface area contributed by atoms with Crippen LogP contribution in [0, 0.1) is 6.92 Å². The van der Waals surface area contributed by atoms with E-state index in [2.05, 4.69) is 30.5 Å². The van der Waals surface area contributed by atoms with E-state index in [1.54, 1.807) is 0 Å². The van der Waals surface area contributed by atoms with Gasteiger partial charge in [0.2, 0.25) is 0 Å². The summed E-state index contributed by atoms with van der Waals surface area (Å²) in [5.74, 6) is 0.400. The molecular formula is C13H20N2O. The lowest BCUT2D eigenvalue weighted by Crippen LogP contribution is -2.29. The fourth-order valence-electron chi connectivity index (χ4n) is 1.66. The molecule has 0 fully saturated rings. The van der Waals surface area contributed by atoms with Gasteiger partial charge >= 0.3 is 6.03 Å². The van der Waals surface area contributed by atoms with Crippen LogP contribution >= 0.6 is 0 Å². The summed E-state index contributed by atoms with van der Waals surface area (Å²) in [6.45, 7) is 8.79. The number of amides is 2. The van der Waals surface area contributed by atoms with E-state index in [0.29, 0.717) is 12.5 Å². The molecule has 0 aliphatic carbocycles. The predicted octanol–water partition coefficient (Wildman–Crippen LogP) is 3.26. The highest BCUT2D eigenvalue weighted by Gasteiger charge is 2.10. The summed E-state index contributed by atoms with van der Waals surface area (Å²) in [4.78, 5) is 11.5. The highest BCUT2D eigenvalue weighted by molar-refractivity contribution is 5.91. The SMILES string of the molecule is CCNC(=O)Nc1c(C)cccc1C(C)C. The van der Waals surface area contributed by atoms with Crippen molar-refractivity contribution in [3.63, 3.8) is 0 Å². The Morgan fingerprint density at radius 2 is 2.06 bits per heavy atom. The van der Waals surface area contributed by atoms with Gasteiger partial charge in [-0.3, -0.25) is 0 Å². The molecule has 2 amide bonds. The van der Waals surface area contributed by atoms with E-state index in [4.69, 9.17) is 0 Å². The van der Waals surface area contributed by atoms with Gasteiger partial charge in [-0.05, 0) is 30.9 Å². The van der Waals surface area contributed by atoms with Crippen molar-refractivity contribution in [2.45, 2.75) is 33.6 Å². The first kappa shape index (κ1) is 12.6. The molecule has 0 radical (unpaired) electrons. The molecule has 2 N–H and O–H groups in total. The summed E-state index contributed by atoms with van der Waals surface area (Å²) in [6, 6.07) is 5.94. The van der Waals surface area contributed by atoms with Crippen LogP contribution in [0.1, 0.15) is 37.8 Å². The Labute approximate surface area is 97.2 Å². The van der Waals surface area contributed by atoms with Crippen LogP contribution in [-0.2, 0) is 0 Å². The standard InChI is InChI=1S/C13H20N2O/c1-5-14-13(16)15-12-10(4)7-6-8-11(12)9(2)3/h6-9H,5H2,1-4H3,(H2,14,15,16). The second-order valence-electron chi connectivity index (χ2n) is 4.18. The maximum atomic E-state index is 11.5. The van der Waals surface area contributed by atoms with Crippen LogP contribution in [0.2, 0.25) is 0 Å². The van der Waals surface area contributed by atoms with E-state index in [1.807, 2.05) is 26.0 Å². The molecule has 0 aliphatic heterocycles. The normalized spacial score (nSPS) is 10.3. The molecule has 16 heavy (non-hydrogen) atoms. The van der Waals surface area contributed by atoms with Crippen molar-refractivity contribution in [3.05, 3.63) is 29.3 Å². The molecule has 0 saturated heterocycles. The Bertz CT molecular complexity index is 372. The van der Waals surface area contributed by atoms with Crippen molar-refractivity contribution in [1.82, 2.24) is 5.32 Å². The third kappa shape index (κ3) is 2.99. The number of para-hydroxylation sites is 1. The van der Waals surface area contributed by atoms with Crippen molar-refractivity contribution in [2.75, 3.05) is 11.9 Å². The fourth-order valence-corrected chi connectivity index (χ4v) is 1.66. The number of aryl methyl sites for hydroxylation is 1. The molecule has 1 aromatic rings. The summed E-state index contributed by atoms with van der Waals surface area (Å²) >= 11 is 0. The smallest absolute Gasteiger partial charge is 0.319 e. The second kappa shape index (κ2) is 5.54. The van der Waals surface area contributed by atoms with Gasteiger partial charge in [-0.25, -0.2) is 4.79 Å². The third-order valence-corrected chi connectivity index (χ3v) is 2.50. The Morgan fingerprint density at radius 3 is 2.62 bits per heavy atom. The molecular weight excluding hydrogens is 200 g/mol. The highest BCUT2D eigenvalue weighted by atomic mass is 16.2. The van der Waals surface area contributed by atoms with Crippen molar-refractivity contribution in [3.8, 4) is 0 Å². The van der Waals surface area contributed by atoms with Crippen molar-refractivity contribution < 1.29 is 4.79 Å². The van der Waals surface area contributed by atoms with E-state index in [1.165, 1.54) is 5.56 Å². The van der Waals surface area contributed by atoms with Crippen LogP contribution in [0.15, 0.2) is 18.2 Å². The number of rotatable bonds is 3. The van der Waals surface area contributed by atoms with Crippen molar-refractivity contribution >= 4 is 11.7 Å². The lowest BCUT2D eigenvalue weighted by molar-refractivity contribution is 0.252. The summed E-state index contributed by atoms with van der Waals surface area (Å²) in [5, 5.41) is 5.65. The molecule has 3 nitrogen and oxygen atoms in total. The molecule has 0 spiro atoms. The molecule has 0 bridgehead atoms. The van der Waals surface area contributed by atoms with E-state index < -0.39 is 0 Å². The zero-order valence-electron chi connectivity index (χ0n) is 10.4. The molecule has 1 aromatic carbocycles. The van der Waals surface area contributed by atoms with Crippen LogP contribution in [-0.4, -0.2) is 12.6 Å². The zero-order valence-corrected chi connectivity index (χ0v) is 10.4. The fraction of sp³-hybridized carbons (Fsp3) is 0.462.